The Hall–Kier alpha value is -1.40. The third-order valence-corrected chi connectivity index (χ3v) is 3.65. The summed E-state index contributed by atoms with van der Waals surface area (Å²) in [5, 5.41) is 4.74. The fraction of sp³-hybridized carbons (Fsp3) is 0.500. The fourth-order valence-corrected chi connectivity index (χ4v) is 2.61. The maximum atomic E-state index is 5.76. The number of rotatable bonds is 5. The number of hydrogen-bond donors (Lipinski definition) is 1. The van der Waals surface area contributed by atoms with E-state index < -0.39 is 0 Å². The van der Waals surface area contributed by atoms with E-state index in [2.05, 4.69) is 10.1 Å². The molecule has 0 spiro atoms. The Labute approximate surface area is 110 Å². The number of nitrogens with zero attached hydrogens (tertiary/aromatic N) is 2. The highest BCUT2D eigenvalue weighted by molar-refractivity contribution is 7.19. The third kappa shape index (κ3) is 2.54. The molecule has 0 saturated heterocycles. The first-order chi connectivity index (χ1) is 8.65. The molecule has 2 heterocycles. The van der Waals surface area contributed by atoms with Gasteiger partial charge >= 0.3 is 0 Å². The van der Waals surface area contributed by atoms with Gasteiger partial charge in [0.25, 0.3) is 5.89 Å². The zero-order chi connectivity index (χ0) is 13.1. The maximum absolute atomic E-state index is 5.76. The van der Waals surface area contributed by atoms with Gasteiger partial charge in [-0.3, -0.25) is 0 Å². The molecule has 0 aromatic carbocycles. The van der Waals surface area contributed by atoms with Gasteiger partial charge in [0, 0.05) is 6.61 Å². The largest absolute Gasteiger partial charge is 0.391 e. The lowest BCUT2D eigenvalue weighted by Crippen LogP contribution is -2.04. The van der Waals surface area contributed by atoms with E-state index >= 15 is 0 Å². The Morgan fingerprint density at radius 3 is 2.83 bits per heavy atom. The van der Waals surface area contributed by atoms with E-state index in [1.807, 2.05) is 26.8 Å². The van der Waals surface area contributed by atoms with Crippen LogP contribution in [0.15, 0.2) is 10.6 Å². The van der Waals surface area contributed by atoms with Crippen LogP contribution in [0.25, 0.3) is 10.8 Å². The van der Waals surface area contributed by atoms with Gasteiger partial charge in [0.15, 0.2) is 0 Å². The van der Waals surface area contributed by atoms with Crippen molar-refractivity contribution in [1.29, 1.82) is 0 Å². The Kier molecular flexibility index (Phi) is 3.98. The molecule has 0 aliphatic carbocycles. The fourth-order valence-electron chi connectivity index (χ4n) is 1.75. The first-order valence-corrected chi connectivity index (χ1v) is 6.78. The molecule has 2 aromatic heterocycles. The van der Waals surface area contributed by atoms with Crippen molar-refractivity contribution in [2.24, 2.45) is 0 Å². The van der Waals surface area contributed by atoms with E-state index in [-0.39, 0.29) is 6.10 Å². The summed E-state index contributed by atoms with van der Waals surface area (Å²) in [6, 6.07) is 1.91. The van der Waals surface area contributed by atoms with Gasteiger partial charge in [0.1, 0.15) is 6.10 Å². The molecule has 0 radical (unpaired) electrons. The molecular formula is C12H17N3O2S. The quantitative estimate of drug-likeness (QED) is 0.900. The molecule has 98 valence electrons. The van der Waals surface area contributed by atoms with Crippen molar-refractivity contribution < 1.29 is 9.26 Å². The molecule has 2 rings (SSSR count). The van der Waals surface area contributed by atoms with Gasteiger partial charge in [-0.15, -0.1) is 11.3 Å². The molecule has 2 N–H and O–H groups in total. The summed E-state index contributed by atoms with van der Waals surface area (Å²) in [6.45, 7) is 6.60. The lowest BCUT2D eigenvalue weighted by molar-refractivity contribution is 0.0518. The molecule has 18 heavy (non-hydrogen) atoms. The Balaban J connectivity index is 2.27. The number of thiophene rings is 1. The van der Waals surface area contributed by atoms with E-state index in [9.17, 15) is 0 Å². The highest BCUT2D eigenvalue weighted by Crippen LogP contribution is 2.33. The Morgan fingerprint density at radius 2 is 2.28 bits per heavy atom. The van der Waals surface area contributed by atoms with Crippen molar-refractivity contribution in [2.45, 2.75) is 33.3 Å². The lowest BCUT2D eigenvalue weighted by atomic mass is 10.2. The van der Waals surface area contributed by atoms with Crippen LogP contribution in [0.1, 0.15) is 37.8 Å². The second kappa shape index (κ2) is 5.49. The van der Waals surface area contributed by atoms with Crippen LogP contribution < -0.4 is 5.73 Å². The van der Waals surface area contributed by atoms with E-state index in [1.165, 1.54) is 11.3 Å². The maximum Gasteiger partial charge on any atom is 0.268 e. The highest BCUT2D eigenvalue weighted by Gasteiger charge is 2.19. The van der Waals surface area contributed by atoms with Crippen LogP contribution in [0, 0.1) is 6.92 Å². The van der Waals surface area contributed by atoms with E-state index in [4.69, 9.17) is 15.0 Å². The molecule has 0 bridgehead atoms. The zero-order valence-corrected chi connectivity index (χ0v) is 11.6. The van der Waals surface area contributed by atoms with Crippen molar-refractivity contribution in [2.75, 3.05) is 12.3 Å². The van der Waals surface area contributed by atoms with Crippen LogP contribution in [0.5, 0.6) is 0 Å². The molecule has 0 fully saturated rings. The summed E-state index contributed by atoms with van der Waals surface area (Å²) in [4.78, 5) is 5.32. The smallest absolute Gasteiger partial charge is 0.268 e. The first-order valence-electron chi connectivity index (χ1n) is 5.97. The van der Waals surface area contributed by atoms with Crippen LogP contribution >= 0.6 is 11.3 Å². The van der Waals surface area contributed by atoms with Crippen LogP contribution in [0.3, 0.4) is 0 Å². The van der Waals surface area contributed by atoms with Crippen molar-refractivity contribution in [3.05, 3.63) is 17.5 Å². The first kappa shape index (κ1) is 13.0. The number of hydrogen-bond acceptors (Lipinski definition) is 6. The van der Waals surface area contributed by atoms with Crippen molar-refractivity contribution in [1.82, 2.24) is 10.1 Å². The van der Waals surface area contributed by atoms with Gasteiger partial charge in [-0.25, -0.2) is 0 Å². The molecule has 0 aliphatic rings. The predicted octanol–water partition coefficient (Wildman–Crippen LogP) is 3.18. The molecule has 1 unspecified atom stereocenters. The molecule has 5 nitrogen and oxygen atoms in total. The Morgan fingerprint density at radius 1 is 1.50 bits per heavy atom. The van der Waals surface area contributed by atoms with Gasteiger partial charge in [0.05, 0.1) is 9.88 Å². The van der Waals surface area contributed by atoms with Crippen LogP contribution in [-0.2, 0) is 4.74 Å². The van der Waals surface area contributed by atoms with E-state index in [0.717, 1.165) is 21.9 Å². The number of nitrogen functional groups attached to an aromatic ring is 1. The van der Waals surface area contributed by atoms with Crippen molar-refractivity contribution >= 4 is 16.3 Å². The minimum absolute atomic E-state index is 0.106. The average Bonchev–Trinajstić information content (AvgIpc) is 2.92. The summed E-state index contributed by atoms with van der Waals surface area (Å²) in [5.41, 5.74) is 6.81. The predicted molar refractivity (Wildman–Crippen MR) is 71.4 cm³/mol. The van der Waals surface area contributed by atoms with Gasteiger partial charge in [-0.2, -0.15) is 4.98 Å². The second-order valence-electron chi connectivity index (χ2n) is 3.97. The number of aryl methyl sites for hydroxylation is 1. The average molecular weight is 267 g/mol. The third-order valence-electron chi connectivity index (χ3n) is 2.60. The van der Waals surface area contributed by atoms with Gasteiger partial charge in [-0.1, -0.05) is 12.1 Å². The molecule has 2 aromatic rings. The number of ether oxygens (including phenoxy) is 1. The monoisotopic (exact) mass is 267 g/mol. The summed E-state index contributed by atoms with van der Waals surface area (Å²) >= 11 is 1.45. The summed E-state index contributed by atoms with van der Waals surface area (Å²) in [7, 11) is 0. The lowest BCUT2D eigenvalue weighted by Gasteiger charge is -2.09. The molecule has 0 saturated carbocycles. The van der Waals surface area contributed by atoms with E-state index in [0.29, 0.717) is 18.3 Å². The Bertz CT molecular complexity index is 521. The summed E-state index contributed by atoms with van der Waals surface area (Å²) in [6.07, 6.45) is 0.711. The van der Waals surface area contributed by atoms with Crippen molar-refractivity contribution in [3.8, 4) is 10.8 Å². The molecule has 0 amide bonds. The van der Waals surface area contributed by atoms with Crippen molar-refractivity contribution in [3.63, 3.8) is 0 Å². The summed E-state index contributed by atoms with van der Waals surface area (Å²) in [5.74, 6) is 1.11. The number of aromatic nitrogens is 2. The van der Waals surface area contributed by atoms with E-state index in [1.54, 1.807) is 0 Å². The molecule has 1 atom stereocenters. The summed E-state index contributed by atoms with van der Waals surface area (Å²) < 4.78 is 10.8. The normalized spacial score (nSPS) is 12.8. The molecular weight excluding hydrogens is 250 g/mol. The zero-order valence-electron chi connectivity index (χ0n) is 10.8. The van der Waals surface area contributed by atoms with Gasteiger partial charge in [0.2, 0.25) is 5.82 Å². The number of nitrogens with two attached hydrogens (primary N) is 1. The standard InChI is InChI=1S/C12H17N3O2S/c1-4-8(16-5-2)11-14-12(17-15-11)10-7(3)6-9(13)18-10/h6,8H,4-5,13H2,1-3H3. The molecule has 0 aliphatic heterocycles. The van der Waals surface area contributed by atoms with Crippen LogP contribution in [0.2, 0.25) is 0 Å². The molecule has 6 heteroatoms. The highest BCUT2D eigenvalue weighted by atomic mass is 32.1. The topological polar surface area (TPSA) is 74.2 Å². The van der Waals surface area contributed by atoms with Gasteiger partial charge in [-0.05, 0) is 31.9 Å². The van der Waals surface area contributed by atoms with Gasteiger partial charge < -0.3 is 15.0 Å². The minimum atomic E-state index is -0.106. The minimum Gasteiger partial charge on any atom is -0.391 e. The van der Waals surface area contributed by atoms with Crippen LogP contribution in [-0.4, -0.2) is 16.7 Å². The second-order valence-corrected chi connectivity index (χ2v) is 5.05. The number of anilines is 1. The van der Waals surface area contributed by atoms with Crippen LogP contribution in [0.4, 0.5) is 5.00 Å². The SMILES string of the molecule is CCOC(CC)c1noc(-c2sc(N)cc2C)n1.